The lowest BCUT2D eigenvalue weighted by molar-refractivity contribution is 0.166. The molecule has 40 valence electrons. The second kappa shape index (κ2) is 3.51. The predicted octanol–water partition coefficient (Wildman–Crippen LogP) is -0.368. The molecule has 0 fully saturated rings. The molecule has 0 aliphatic heterocycles. The first-order valence-corrected chi connectivity index (χ1v) is 1.92. The number of carbonyl (C=O) groups is 1. The Balaban J connectivity index is 3.17. The minimum absolute atomic E-state index is 0.727. The molecule has 0 aromatic heterocycles. The van der Waals surface area contributed by atoms with Crippen LogP contribution in [0, 0.1) is 0 Å². The number of rotatable bonds is 1. The average Bonchev–Trinajstić information content (AvgIpc) is 1.68. The molecular weight excluding hydrogens is 116 g/mol. The molecule has 0 rings (SSSR count). The Morgan fingerprint density at radius 3 is 2.57 bits per heavy atom. The van der Waals surface area contributed by atoms with Crippen molar-refractivity contribution in [1.82, 2.24) is 10.8 Å². The summed E-state index contributed by atoms with van der Waals surface area (Å²) in [6.07, 6.45) is 0. The van der Waals surface area contributed by atoms with Crippen molar-refractivity contribution >= 4 is 23.7 Å². The summed E-state index contributed by atoms with van der Waals surface area (Å²) in [6, 6.07) is -0.727. The monoisotopic (exact) mass is 120 g/mol. The third-order valence-electron chi connectivity index (χ3n) is 0.292. The van der Waals surface area contributed by atoms with E-state index in [1.165, 1.54) is 5.48 Å². The molecule has 2 amide bonds. The van der Waals surface area contributed by atoms with Gasteiger partial charge in [0.15, 0.2) is 0 Å². The summed E-state index contributed by atoms with van der Waals surface area (Å²) >= 11 is 4.19. The Labute approximate surface area is 45.5 Å². The molecule has 0 aliphatic carbocycles. The van der Waals surface area contributed by atoms with Crippen molar-refractivity contribution in [3.8, 4) is 0 Å². The fourth-order valence-corrected chi connectivity index (χ4v) is 0.193. The molecule has 0 aromatic rings. The summed E-state index contributed by atoms with van der Waals surface area (Å²) in [4.78, 5) is 9.84. The van der Waals surface area contributed by atoms with E-state index >= 15 is 0 Å². The molecule has 0 aromatic carbocycles. The highest BCUT2D eigenvalue weighted by Gasteiger charge is 1.86. The van der Waals surface area contributed by atoms with Gasteiger partial charge in [-0.05, 0) is 0 Å². The number of nitrogens with one attached hydrogen (secondary N) is 2. The van der Waals surface area contributed by atoms with Crippen LogP contribution in [0.1, 0.15) is 0 Å². The smallest absolute Gasteiger partial charge is 0.303 e. The van der Waals surface area contributed by atoms with Crippen LogP contribution >= 0.6 is 12.2 Å². The molecule has 0 unspecified atom stereocenters. The van der Waals surface area contributed by atoms with E-state index < -0.39 is 6.03 Å². The second-order valence-electron chi connectivity index (χ2n) is 0.703. The molecule has 0 radical (unpaired) electrons. The van der Waals surface area contributed by atoms with Crippen LogP contribution in [0.5, 0.6) is 0 Å². The van der Waals surface area contributed by atoms with Crippen molar-refractivity contribution in [3.05, 3.63) is 0 Å². The molecule has 7 heavy (non-hydrogen) atoms. The first-order chi connectivity index (χ1) is 3.31. The molecule has 5 heteroatoms. The Hall–Kier alpha value is -0.680. The van der Waals surface area contributed by atoms with Crippen LogP contribution < -0.4 is 10.8 Å². The zero-order valence-electron chi connectivity index (χ0n) is 3.34. The van der Waals surface area contributed by atoms with E-state index in [2.05, 4.69) is 12.2 Å². The van der Waals surface area contributed by atoms with Crippen LogP contribution in [-0.2, 0) is 0 Å². The first kappa shape index (κ1) is 6.32. The van der Waals surface area contributed by atoms with Crippen molar-refractivity contribution in [2.75, 3.05) is 0 Å². The van der Waals surface area contributed by atoms with Crippen molar-refractivity contribution in [3.63, 3.8) is 0 Å². The summed E-state index contributed by atoms with van der Waals surface area (Å²) in [7, 11) is 0. The van der Waals surface area contributed by atoms with Crippen molar-refractivity contribution in [2.45, 2.75) is 0 Å². The van der Waals surface area contributed by atoms with Gasteiger partial charge in [-0.25, -0.2) is 10.3 Å². The lowest BCUT2D eigenvalue weighted by Crippen LogP contribution is -2.31. The maximum atomic E-state index is 9.84. The molecule has 0 bridgehead atoms. The highest BCUT2D eigenvalue weighted by Crippen LogP contribution is 1.52. The summed E-state index contributed by atoms with van der Waals surface area (Å²) in [6.45, 7) is 0. The van der Waals surface area contributed by atoms with Crippen LogP contribution in [0.3, 0.4) is 0 Å². The van der Waals surface area contributed by atoms with Gasteiger partial charge < -0.3 is 5.32 Å². The molecule has 3 N–H and O–H groups in total. The first-order valence-electron chi connectivity index (χ1n) is 1.45. The maximum Gasteiger partial charge on any atom is 0.343 e. The van der Waals surface area contributed by atoms with Gasteiger partial charge in [-0.2, -0.15) is 0 Å². The fourth-order valence-electron chi connectivity index (χ4n) is 0.0858. The van der Waals surface area contributed by atoms with Gasteiger partial charge in [0, 0.05) is 0 Å². The number of hydrogen-bond donors (Lipinski definition) is 3. The zero-order valence-corrected chi connectivity index (χ0v) is 4.16. The highest BCUT2D eigenvalue weighted by atomic mass is 32.1. The number of carbonyl (C=O) groups excluding carboxylic acids is 1. The summed E-state index contributed by atoms with van der Waals surface area (Å²) < 4.78 is 0. The number of hydroxylamine groups is 1. The summed E-state index contributed by atoms with van der Waals surface area (Å²) in [5, 5.41) is 9.72. The fraction of sp³-hybridized carbons (Fsp3) is 0. The van der Waals surface area contributed by atoms with Crippen molar-refractivity contribution in [2.24, 2.45) is 0 Å². The SMILES string of the molecule is O=C(NO)NC=S. The van der Waals surface area contributed by atoms with Crippen molar-refractivity contribution in [1.29, 1.82) is 0 Å². The topological polar surface area (TPSA) is 61.4 Å². The summed E-state index contributed by atoms with van der Waals surface area (Å²) in [5.41, 5.74) is 2.31. The van der Waals surface area contributed by atoms with E-state index in [4.69, 9.17) is 5.21 Å². The molecule has 0 heterocycles. The Kier molecular flexibility index (Phi) is 3.17. The van der Waals surface area contributed by atoms with Crippen LogP contribution in [0.2, 0.25) is 0 Å². The van der Waals surface area contributed by atoms with Crippen molar-refractivity contribution < 1.29 is 10.0 Å². The molecule has 4 nitrogen and oxygen atoms in total. The second-order valence-corrected chi connectivity index (χ2v) is 0.939. The van der Waals surface area contributed by atoms with E-state index in [1.54, 1.807) is 0 Å². The third kappa shape index (κ3) is 3.14. The molecule has 0 saturated carbocycles. The highest BCUT2D eigenvalue weighted by molar-refractivity contribution is 7.78. The van der Waals surface area contributed by atoms with E-state index in [-0.39, 0.29) is 0 Å². The zero-order chi connectivity index (χ0) is 5.70. The van der Waals surface area contributed by atoms with Gasteiger partial charge in [-0.3, -0.25) is 5.21 Å². The molecule has 0 spiro atoms. The van der Waals surface area contributed by atoms with E-state index in [1.807, 2.05) is 5.32 Å². The van der Waals surface area contributed by atoms with Gasteiger partial charge in [-0.1, -0.05) is 12.2 Å². The van der Waals surface area contributed by atoms with Crippen LogP contribution in [0.25, 0.3) is 0 Å². The molecular formula is C2H4N2O2S. The Morgan fingerprint density at radius 2 is 2.43 bits per heavy atom. The van der Waals surface area contributed by atoms with Crippen LogP contribution in [0.4, 0.5) is 4.79 Å². The van der Waals surface area contributed by atoms with Gasteiger partial charge >= 0.3 is 6.03 Å². The lowest BCUT2D eigenvalue weighted by atomic mass is 11.0. The van der Waals surface area contributed by atoms with Gasteiger partial charge in [0.25, 0.3) is 0 Å². The number of amides is 2. The molecule has 0 aliphatic rings. The normalized spacial score (nSPS) is 7.00. The minimum Gasteiger partial charge on any atom is -0.303 e. The minimum atomic E-state index is -0.727. The average molecular weight is 120 g/mol. The van der Waals surface area contributed by atoms with Crippen LogP contribution in [0.15, 0.2) is 0 Å². The predicted molar refractivity (Wildman–Crippen MR) is 27.1 cm³/mol. The maximum absolute atomic E-state index is 9.84. The van der Waals surface area contributed by atoms with Gasteiger partial charge in [-0.15, -0.1) is 0 Å². The standard InChI is InChI=1S/C2H4N2O2S/c5-2(4-6)3-1-7/h1,6H,(H2,3,4,5,7). The molecule has 0 saturated heterocycles. The third-order valence-corrected chi connectivity index (χ3v) is 0.409. The molecule has 0 atom stereocenters. The number of urea groups is 1. The van der Waals surface area contributed by atoms with E-state index in [9.17, 15) is 4.79 Å². The lowest BCUT2D eigenvalue weighted by Gasteiger charge is -1.90. The van der Waals surface area contributed by atoms with Gasteiger partial charge in [0.1, 0.15) is 0 Å². The summed E-state index contributed by atoms with van der Waals surface area (Å²) in [5.74, 6) is 0. The quantitative estimate of drug-likeness (QED) is 0.251. The van der Waals surface area contributed by atoms with Crippen LogP contribution in [-0.4, -0.2) is 16.7 Å². The van der Waals surface area contributed by atoms with Gasteiger partial charge in [0.05, 0.1) is 5.49 Å². The Bertz CT molecular complexity index is 83.8. The van der Waals surface area contributed by atoms with Gasteiger partial charge in [0.2, 0.25) is 0 Å². The number of hydrogen-bond acceptors (Lipinski definition) is 3. The number of thiocarbonyl (C=S) groups is 1. The van der Waals surface area contributed by atoms with E-state index in [0.717, 1.165) is 5.49 Å². The Morgan fingerprint density at radius 1 is 1.86 bits per heavy atom. The van der Waals surface area contributed by atoms with E-state index in [0.29, 0.717) is 0 Å². The largest absolute Gasteiger partial charge is 0.343 e.